The van der Waals surface area contributed by atoms with Crippen LogP contribution in [0.4, 0.5) is 13.6 Å². The first-order valence-electron chi connectivity index (χ1n) is 16.3. The first-order chi connectivity index (χ1) is 24.2. The molecule has 274 valence electrons. The second-order valence-corrected chi connectivity index (χ2v) is 14.0. The number of ether oxygens (including phenoxy) is 6. The minimum absolute atomic E-state index is 0.00574. The maximum atomic E-state index is 13.8. The summed E-state index contributed by atoms with van der Waals surface area (Å²) in [6, 6.07) is 7.50. The van der Waals surface area contributed by atoms with E-state index in [9.17, 15) is 23.2 Å². The van der Waals surface area contributed by atoms with Gasteiger partial charge in [-0.2, -0.15) is 8.78 Å². The van der Waals surface area contributed by atoms with Crippen molar-refractivity contribution in [1.29, 1.82) is 0 Å². The molecule has 2 aliphatic rings. The molecule has 2 atom stereocenters. The van der Waals surface area contributed by atoms with E-state index in [1.165, 1.54) is 60.8 Å². The van der Waals surface area contributed by atoms with E-state index in [0.717, 1.165) is 12.8 Å². The number of pyridine rings is 1. The van der Waals surface area contributed by atoms with Crippen LogP contribution >= 0.6 is 23.2 Å². The number of carbonyl (C=O) groups is 3. The molecule has 15 heteroatoms. The van der Waals surface area contributed by atoms with E-state index in [-0.39, 0.29) is 45.0 Å². The molecule has 1 aliphatic heterocycles. The number of nitrogens with zero attached hydrogens (tertiary/aromatic N) is 2. The van der Waals surface area contributed by atoms with E-state index in [2.05, 4.69) is 9.72 Å². The topological polar surface area (TPSA) is 123 Å². The molecule has 2 heterocycles. The van der Waals surface area contributed by atoms with Crippen LogP contribution in [0.2, 0.25) is 10.0 Å². The van der Waals surface area contributed by atoms with Gasteiger partial charge < -0.3 is 28.4 Å². The Kier molecular flexibility index (Phi) is 12.1. The normalized spacial score (nSPS) is 16.4. The zero-order chi connectivity index (χ0) is 36.9. The number of methoxy groups -OCH3 is 1. The first-order valence-corrected chi connectivity index (χ1v) is 17.1. The van der Waals surface area contributed by atoms with Crippen LogP contribution < -0.4 is 18.9 Å². The number of hydrogen-bond acceptors (Lipinski definition) is 10. The van der Waals surface area contributed by atoms with Crippen LogP contribution in [-0.4, -0.2) is 66.4 Å². The highest BCUT2D eigenvalue weighted by Crippen LogP contribution is 2.39. The van der Waals surface area contributed by atoms with Crippen molar-refractivity contribution in [2.24, 2.45) is 5.92 Å². The van der Waals surface area contributed by atoms with Crippen molar-refractivity contribution >= 4 is 41.2 Å². The van der Waals surface area contributed by atoms with Gasteiger partial charge in [0.25, 0.3) is 0 Å². The summed E-state index contributed by atoms with van der Waals surface area (Å²) in [5.41, 5.74) is 0.0391. The summed E-state index contributed by atoms with van der Waals surface area (Å²) >= 11 is 12.9. The van der Waals surface area contributed by atoms with Crippen molar-refractivity contribution in [3.8, 4) is 23.0 Å². The molecule has 0 unspecified atom stereocenters. The third-order valence-corrected chi connectivity index (χ3v) is 8.73. The smallest absolute Gasteiger partial charge is 0.411 e. The van der Waals surface area contributed by atoms with Crippen molar-refractivity contribution in [3.05, 3.63) is 75.5 Å². The lowest BCUT2D eigenvalue weighted by atomic mass is 10.0. The molecule has 0 radical (unpaired) electrons. The molecule has 1 aliphatic carbocycles. The van der Waals surface area contributed by atoms with Gasteiger partial charge in [0.05, 0.1) is 29.3 Å². The highest BCUT2D eigenvalue weighted by atomic mass is 35.5. The van der Waals surface area contributed by atoms with Gasteiger partial charge in [-0.25, -0.2) is 14.4 Å². The summed E-state index contributed by atoms with van der Waals surface area (Å²) in [6.45, 7) is 2.72. The summed E-state index contributed by atoms with van der Waals surface area (Å²) in [7, 11) is 1.37. The van der Waals surface area contributed by atoms with E-state index >= 15 is 0 Å². The van der Waals surface area contributed by atoms with Crippen LogP contribution in [0.15, 0.2) is 48.8 Å². The second-order valence-electron chi connectivity index (χ2n) is 13.1. The summed E-state index contributed by atoms with van der Waals surface area (Å²) in [5.74, 6) is -1.29. The molecule has 1 aromatic heterocycles. The molecular formula is C36H38Cl2F2N2O9. The Labute approximate surface area is 304 Å². The molecule has 1 saturated carbocycles. The monoisotopic (exact) mass is 750 g/mol. The minimum atomic E-state index is -3.09. The van der Waals surface area contributed by atoms with Crippen LogP contribution in [-0.2, 0) is 20.7 Å². The van der Waals surface area contributed by atoms with Gasteiger partial charge in [-0.1, -0.05) is 29.3 Å². The van der Waals surface area contributed by atoms with E-state index in [1.54, 1.807) is 20.8 Å². The Morgan fingerprint density at radius 3 is 2.31 bits per heavy atom. The van der Waals surface area contributed by atoms with Gasteiger partial charge >= 0.3 is 24.6 Å². The van der Waals surface area contributed by atoms with Crippen molar-refractivity contribution in [1.82, 2.24) is 9.88 Å². The van der Waals surface area contributed by atoms with Gasteiger partial charge in [-0.3, -0.25) is 9.88 Å². The van der Waals surface area contributed by atoms with Crippen LogP contribution in [0.1, 0.15) is 74.0 Å². The number of benzene rings is 2. The molecule has 3 aromatic rings. The molecule has 1 saturated heterocycles. The average molecular weight is 752 g/mol. The maximum Gasteiger partial charge on any atom is 0.411 e. The lowest BCUT2D eigenvalue weighted by Gasteiger charge is -2.27. The van der Waals surface area contributed by atoms with Gasteiger partial charge in [0.2, 0.25) is 0 Å². The van der Waals surface area contributed by atoms with E-state index in [4.69, 9.17) is 46.9 Å². The van der Waals surface area contributed by atoms with E-state index in [1.807, 2.05) is 0 Å². The second kappa shape index (κ2) is 16.3. The SMILES string of the molecule is COc1ccc(C(=O)O[C@@H](Cc2c(Cl)cncc2Cl)c2ccc(OC(F)F)c(OCC3CC3)c2)cc1OC(=O)[C@@H]1CCCN1C(=O)OC(C)(C)C. The molecule has 11 nitrogen and oxygen atoms in total. The van der Waals surface area contributed by atoms with Crippen LogP contribution in [0.3, 0.4) is 0 Å². The fraction of sp³-hybridized carbons (Fsp3) is 0.444. The van der Waals surface area contributed by atoms with Gasteiger partial charge in [0.1, 0.15) is 17.7 Å². The first kappa shape index (κ1) is 37.9. The largest absolute Gasteiger partial charge is 0.493 e. The van der Waals surface area contributed by atoms with Gasteiger partial charge in [-0.05, 0) is 93.8 Å². The quantitative estimate of drug-likeness (QED) is 0.125. The molecule has 2 fully saturated rings. The van der Waals surface area contributed by atoms with Crippen molar-refractivity contribution in [2.45, 2.75) is 77.2 Å². The number of carbonyl (C=O) groups excluding carboxylic acids is 3. The van der Waals surface area contributed by atoms with Gasteiger partial charge in [0.15, 0.2) is 23.0 Å². The third-order valence-electron chi connectivity index (χ3n) is 8.08. The predicted octanol–water partition coefficient (Wildman–Crippen LogP) is 8.23. The lowest BCUT2D eigenvalue weighted by Crippen LogP contribution is -2.44. The summed E-state index contributed by atoms with van der Waals surface area (Å²) in [6.07, 6.45) is 3.92. The van der Waals surface area contributed by atoms with Crippen molar-refractivity contribution in [3.63, 3.8) is 0 Å². The Bertz CT molecular complexity index is 1730. The number of likely N-dealkylation sites (tertiary alicyclic amines) is 1. The molecular weight excluding hydrogens is 713 g/mol. The van der Waals surface area contributed by atoms with Crippen molar-refractivity contribution < 1.29 is 51.6 Å². The lowest BCUT2D eigenvalue weighted by molar-refractivity contribution is -0.139. The minimum Gasteiger partial charge on any atom is -0.493 e. The zero-order valence-corrected chi connectivity index (χ0v) is 30.0. The fourth-order valence-corrected chi connectivity index (χ4v) is 5.90. The van der Waals surface area contributed by atoms with Gasteiger partial charge in [0, 0.05) is 25.4 Å². The number of esters is 2. The highest BCUT2D eigenvalue weighted by molar-refractivity contribution is 6.35. The molecule has 2 aromatic carbocycles. The number of halogens is 4. The summed E-state index contributed by atoms with van der Waals surface area (Å²) < 4.78 is 59.5. The predicted molar refractivity (Wildman–Crippen MR) is 182 cm³/mol. The molecule has 0 N–H and O–H groups in total. The number of hydrogen-bond donors (Lipinski definition) is 0. The Balaban J connectivity index is 1.41. The number of amides is 1. The molecule has 1 amide bonds. The third kappa shape index (κ3) is 10.1. The van der Waals surface area contributed by atoms with Crippen LogP contribution in [0.5, 0.6) is 23.0 Å². The van der Waals surface area contributed by atoms with Crippen molar-refractivity contribution in [2.75, 3.05) is 20.3 Å². The number of rotatable bonds is 13. The number of alkyl halides is 2. The average Bonchev–Trinajstić information content (AvgIpc) is 3.76. The Hall–Kier alpha value is -4.36. The van der Waals surface area contributed by atoms with E-state index < -0.39 is 42.4 Å². The Morgan fingerprint density at radius 2 is 1.67 bits per heavy atom. The fourth-order valence-electron chi connectivity index (χ4n) is 5.38. The highest BCUT2D eigenvalue weighted by Gasteiger charge is 2.38. The zero-order valence-electron chi connectivity index (χ0n) is 28.5. The van der Waals surface area contributed by atoms with E-state index in [0.29, 0.717) is 43.0 Å². The maximum absolute atomic E-state index is 13.8. The molecule has 51 heavy (non-hydrogen) atoms. The van der Waals surface area contributed by atoms with Gasteiger partial charge in [-0.15, -0.1) is 0 Å². The number of aromatic nitrogens is 1. The van der Waals surface area contributed by atoms with Crippen LogP contribution in [0, 0.1) is 5.92 Å². The Morgan fingerprint density at radius 1 is 0.961 bits per heavy atom. The summed E-state index contributed by atoms with van der Waals surface area (Å²) in [5, 5.41) is 0.440. The molecule has 0 spiro atoms. The molecule has 5 rings (SSSR count). The van der Waals surface area contributed by atoms with Crippen LogP contribution in [0.25, 0.3) is 0 Å². The summed E-state index contributed by atoms with van der Waals surface area (Å²) in [4.78, 5) is 45.2. The standard InChI is InChI=1S/C36H38Cl2F2N2O9/c1-36(2,3)51-35(45)42-13-5-6-26(42)33(44)49-31-15-22(10-11-27(31)46-4)32(43)48-29(16-23-24(37)17-41-18-25(23)38)21-9-12-28(50-34(39)40)30(14-21)47-19-20-7-8-20/h9-12,14-15,17-18,20,26,29,34H,5-8,13,16,19H2,1-4H3/t26-,29-/m0/s1. The molecule has 0 bridgehead atoms.